The van der Waals surface area contributed by atoms with Gasteiger partial charge in [0, 0.05) is 28.9 Å². The van der Waals surface area contributed by atoms with Crippen LogP contribution in [0.1, 0.15) is 90.3 Å². The molecule has 0 saturated carbocycles. The zero-order valence-corrected chi connectivity index (χ0v) is 22.0. The fourth-order valence-corrected chi connectivity index (χ4v) is 4.98. The van der Waals surface area contributed by atoms with Gasteiger partial charge >= 0.3 is 0 Å². The summed E-state index contributed by atoms with van der Waals surface area (Å²) in [5.41, 5.74) is 7.04. The molecule has 1 aromatic rings. The van der Waals surface area contributed by atoms with Gasteiger partial charge in [-0.05, 0) is 88.5 Å². The number of nitrogens with one attached hydrogen (secondary N) is 2. The Bertz CT molecular complexity index is 810. The summed E-state index contributed by atoms with van der Waals surface area (Å²) in [6.45, 7) is 32.5. The van der Waals surface area contributed by atoms with Crippen molar-refractivity contribution in [2.24, 2.45) is 5.92 Å². The predicted molar refractivity (Wildman–Crippen MR) is 145 cm³/mol. The highest BCUT2D eigenvalue weighted by molar-refractivity contribution is 5.69. The first-order chi connectivity index (χ1) is 14.8. The quantitative estimate of drug-likeness (QED) is 0.271. The van der Waals surface area contributed by atoms with Gasteiger partial charge in [0.15, 0.2) is 0 Å². The van der Waals surface area contributed by atoms with Crippen LogP contribution in [0.5, 0.6) is 0 Å². The Morgan fingerprint density at radius 1 is 1.00 bits per heavy atom. The highest BCUT2D eigenvalue weighted by atomic mass is 15.0. The van der Waals surface area contributed by atoms with Crippen molar-refractivity contribution in [1.82, 2.24) is 10.6 Å². The Hall–Kier alpha value is -2.22. The third-order valence-corrected chi connectivity index (χ3v) is 5.95. The molecule has 1 aromatic carbocycles. The summed E-state index contributed by atoms with van der Waals surface area (Å²) in [7, 11) is 0. The van der Waals surface area contributed by atoms with E-state index in [1.54, 1.807) is 0 Å². The van der Waals surface area contributed by atoms with Gasteiger partial charge < -0.3 is 10.6 Å². The van der Waals surface area contributed by atoms with Gasteiger partial charge in [0.05, 0.1) is 0 Å². The van der Waals surface area contributed by atoms with Gasteiger partial charge in [-0.15, -0.1) is 6.58 Å². The molecule has 0 bridgehead atoms. The lowest BCUT2D eigenvalue weighted by atomic mass is 9.85. The number of rotatable bonds is 15. The molecular weight excluding hydrogens is 388 g/mol. The molecule has 1 unspecified atom stereocenters. The molecule has 0 heterocycles. The van der Waals surface area contributed by atoms with Crippen LogP contribution in [0.3, 0.4) is 0 Å². The SMILES string of the molecule is C=CC(CC)CC(=C)c1c(C)cccc1CC(=C)NC(C)(C)CC(C)(C)NC(=C)CCC. The molecule has 2 nitrogen and oxygen atoms in total. The molecule has 2 heteroatoms. The molecule has 0 saturated heterocycles. The Morgan fingerprint density at radius 2 is 1.59 bits per heavy atom. The second-order valence-electron chi connectivity index (χ2n) is 10.6. The summed E-state index contributed by atoms with van der Waals surface area (Å²) in [5.74, 6) is 0.465. The predicted octanol–water partition coefficient (Wildman–Crippen LogP) is 8.11. The first-order valence-electron chi connectivity index (χ1n) is 12.1. The molecular formula is C30H48N2. The minimum atomic E-state index is -0.1000. The van der Waals surface area contributed by atoms with Crippen LogP contribution in [0.2, 0.25) is 0 Å². The second kappa shape index (κ2) is 12.1. The van der Waals surface area contributed by atoms with Crippen LogP contribution in [-0.2, 0) is 6.42 Å². The number of benzene rings is 1. The van der Waals surface area contributed by atoms with E-state index in [0.29, 0.717) is 5.92 Å². The summed E-state index contributed by atoms with van der Waals surface area (Å²) in [6, 6.07) is 6.52. The molecule has 0 aromatic heterocycles. The van der Waals surface area contributed by atoms with Crippen molar-refractivity contribution >= 4 is 5.57 Å². The summed E-state index contributed by atoms with van der Waals surface area (Å²) in [4.78, 5) is 0. The van der Waals surface area contributed by atoms with E-state index in [2.05, 4.69) is 110 Å². The zero-order chi connectivity index (χ0) is 24.5. The minimum absolute atomic E-state index is 0.0499. The van der Waals surface area contributed by atoms with E-state index in [1.165, 1.54) is 22.3 Å². The van der Waals surface area contributed by atoms with Crippen LogP contribution in [-0.4, -0.2) is 11.1 Å². The molecule has 32 heavy (non-hydrogen) atoms. The van der Waals surface area contributed by atoms with Crippen LogP contribution >= 0.6 is 0 Å². The lowest BCUT2D eigenvalue weighted by molar-refractivity contribution is 0.274. The molecule has 1 atom stereocenters. The first kappa shape index (κ1) is 27.8. The molecule has 178 valence electrons. The molecule has 2 N–H and O–H groups in total. The van der Waals surface area contributed by atoms with Crippen molar-refractivity contribution in [3.63, 3.8) is 0 Å². The lowest BCUT2D eigenvalue weighted by Crippen LogP contribution is -2.50. The van der Waals surface area contributed by atoms with Gasteiger partial charge in [-0.25, -0.2) is 0 Å². The summed E-state index contributed by atoms with van der Waals surface area (Å²) >= 11 is 0. The minimum Gasteiger partial charge on any atom is -0.384 e. The highest BCUT2D eigenvalue weighted by Gasteiger charge is 2.29. The van der Waals surface area contributed by atoms with Crippen LogP contribution in [0, 0.1) is 12.8 Å². The van der Waals surface area contributed by atoms with Crippen molar-refractivity contribution in [2.45, 2.75) is 98.1 Å². The van der Waals surface area contributed by atoms with Gasteiger partial charge in [0.1, 0.15) is 0 Å². The van der Waals surface area contributed by atoms with Crippen LogP contribution in [0.15, 0.2) is 62.0 Å². The molecule has 0 aliphatic heterocycles. The molecule has 1 rings (SSSR count). The fraction of sp³-hybridized carbons (Fsp3) is 0.533. The van der Waals surface area contributed by atoms with Gasteiger partial charge in [-0.3, -0.25) is 0 Å². The van der Waals surface area contributed by atoms with E-state index in [1.807, 2.05) is 0 Å². The van der Waals surface area contributed by atoms with Crippen molar-refractivity contribution in [1.29, 1.82) is 0 Å². The normalized spacial score (nSPS) is 12.7. The van der Waals surface area contributed by atoms with Crippen LogP contribution in [0.4, 0.5) is 0 Å². The van der Waals surface area contributed by atoms with Crippen molar-refractivity contribution in [3.05, 3.63) is 78.7 Å². The maximum atomic E-state index is 4.44. The standard InChI is InChI=1S/C30H48N2/c1-12-16-24(6)31-29(8,9)21-30(10,11)32-25(7)20-27-18-15-17-22(4)28(27)23(5)19-26(13-2)14-3/h13,15,17-18,26,31-32H,2,5-7,12,14,16,19-21H2,1,3-4,8-11H3. The summed E-state index contributed by atoms with van der Waals surface area (Å²) in [5, 5.41) is 7.32. The maximum absolute atomic E-state index is 4.44. The summed E-state index contributed by atoms with van der Waals surface area (Å²) in [6.07, 6.45) is 7.95. The fourth-order valence-electron chi connectivity index (χ4n) is 4.98. The van der Waals surface area contributed by atoms with Crippen LogP contribution < -0.4 is 10.6 Å². The lowest BCUT2D eigenvalue weighted by Gasteiger charge is -2.38. The molecule has 0 aliphatic rings. The molecule has 0 spiro atoms. The molecule has 0 fully saturated rings. The average molecular weight is 437 g/mol. The Kier molecular flexibility index (Phi) is 10.5. The highest BCUT2D eigenvalue weighted by Crippen LogP contribution is 2.30. The van der Waals surface area contributed by atoms with E-state index < -0.39 is 0 Å². The van der Waals surface area contributed by atoms with Crippen molar-refractivity contribution in [3.8, 4) is 0 Å². The van der Waals surface area contributed by atoms with Gasteiger partial charge in [0.2, 0.25) is 0 Å². The number of aryl methyl sites for hydroxylation is 1. The second-order valence-corrected chi connectivity index (χ2v) is 10.6. The number of hydrogen-bond donors (Lipinski definition) is 2. The smallest absolute Gasteiger partial charge is 0.0336 e. The van der Waals surface area contributed by atoms with Crippen molar-refractivity contribution in [2.75, 3.05) is 0 Å². The Morgan fingerprint density at radius 3 is 2.12 bits per heavy atom. The average Bonchev–Trinajstić information content (AvgIpc) is 2.63. The third kappa shape index (κ3) is 9.10. The Balaban J connectivity index is 2.92. The largest absolute Gasteiger partial charge is 0.384 e. The van der Waals surface area contributed by atoms with Gasteiger partial charge in [0.25, 0.3) is 0 Å². The third-order valence-electron chi connectivity index (χ3n) is 5.95. The van der Waals surface area contributed by atoms with E-state index in [0.717, 1.165) is 49.9 Å². The summed E-state index contributed by atoms with van der Waals surface area (Å²) < 4.78 is 0. The monoisotopic (exact) mass is 436 g/mol. The van der Waals surface area contributed by atoms with Crippen molar-refractivity contribution < 1.29 is 0 Å². The van der Waals surface area contributed by atoms with E-state index >= 15 is 0 Å². The first-order valence-corrected chi connectivity index (χ1v) is 12.1. The van der Waals surface area contributed by atoms with Gasteiger partial charge in [-0.1, -0.05) is 64.3 Å². The number of hydrogen-bond acceptors (Lipinski definition) is 2. The molecule has 0 aliphatic carbocycles. The topological polar surface area (TPSA) is 24.1 Å². The molecule has 0 radical (unpaired) electrons. The van der Waals surface area contributed by atoms with E-state index in [9.17, 15) is 0 Å². The number of allylic oxidation sites excluding steroid dienone is 4. The Labute approximate surface area is 199 Å². The van der Waals surface area contributed by atoms with Crippen LogP contribution in [0.25, 0.3) is 5.57 Å². The maximum Gasteiger partial charge on any atom is 0.0336 e. The zero-order valence-electron chi connectivity index (χ0n) is 22.0. The van der Waals surface area contributed by atoms with Gasteiger partial charge in [-0.2, -0.15) is 0 Å². The van der Waals surface area contributed by atoms with E-state index in [-0.39, 0.29) is 11.1 Å². The molecule has 0 amide bonds. The van der Waals surface area contributed by atoms with E-state index in [4.69, 9.17) is 0 Å².